The normalized spacial score (nSPS) is 19.4. The Labute approximate surface area is 233 Å². The van der Waals surface area contributed by atoms with Crippen molar-refractivity contribution < 1.29 is 27.9 Å². The molecule has 0 aromatic heterocycles. The smallest absolute Gasteiger partial charge is 0.323 e. The van der Waals surface area contributed by atoms with Gasteiger partial charge < -0.3 is 15.7 Å². The molecular weight excluding hydrogens is 544 g/mol. The summed E-state index contributed by atoms with van der Waals surface area (Å²) >= 11 is 6.04. The average Bonchev–Trinajstić information content (AvgIpc) is 3.36. The van der Waals surface area contributed by atoms with Crippen LogP contribution in [-0.4, -0.2) is 65.9 Å². The van der Waals surface area contributed by atoms with Crippen molar-refractivity contribution in [1.29, 1.82) is 0 Å². The zero-order valence-electron chi connectivity index (χ0n) is 21.5. The van der Waals surface area contributed by atoms with Crippen molar-refractivity contribution in [3.05, 3.63) is 65.2 Å². The van der Waals surface area contributed by atoms with Gasteiger partial charge >= 0.3 is 12.0 Å². The molecule has 2 atom stereocenters. The molecule has 4 rings (SSSR count). The summed E-state index contributed by atoms with van der Waals surface area (Å²) in [6.07, 6.45) is 2.72. The number of anilines is 1. The number of amides is 3. The number of carboxylic acid groups (broad SMARTS) is 1. The summed E-state index contributed by atoms with van der Waals surface area (Å²) < 4.78 is 28.1. The Hall–Kier alpha value is -3.15. The molecule has 2 aliphatic rings. The van der Waals surface area contributed by atoms with Gasteiger partial charge in [0.15, 0.2) is 6.17 Å². The Morgan fingerprint density at radius 3 is 2.38 bits per heavy atom. The van der Waals surface area contributed by atoms with Crippen molar-refractivity contribution in [1.82, 2.24) is 14.5 Å². The van der Waals surface area contributed by atoms with Gasteiger partial charge in [-0.15, -0.1) is 0 Å². The number of hydrogen-bond acceptors (Lipinski definition) is 5. The van der Waals surface area contributed by atoms with Crippen LogP contribution in [0.5, 0.6) is 0 Å². The molecular formula is C27H33ClN4O6S. The molecule has 0 bridgehead atoms. The number of nitrogens with zero attached hydrogens (tertiary/aromatic N) is 2. The van der Waals surface area contributed by atoms with Gasteiger partial charge in [-0.25, -0.2) is 13.2 Å². The molecule has 1 heterocycles. The number of rotatable bonds is 9. The second-order valence-electron chi connectivity index (χ2n) is 9.97. The summed E-state index contributed by atoms with van der Waals surface area (Å²) in [4.78, 5) is 39.9. The molecule has 2 unspecified atom stereocenters. The van der Waals surface area contributed by atoms with Crippen LogP contribution in [0.4, 0.5) is 10.5 Å². The van der Waals surface area contributed by atoms with Gasteiger partial charge in [0, 0.05) is 29.8 Å². The standard InChI is InChI=1S/C27H33ClN4O6S/c28-21-12-7-13-22(16-21)29-27(36)31-14-15-32(39(37,38)18-19-8-3-1-4-9-19)26(31)25(35)30-23(17-24(33)34)20-10-5-2-6-11-20/h1,3-4,7-9,12-13,16,20,23,26H,2,5-6,10-11,14-15,17-18H2,(H,29,36)(H,30,35)(H,33,34). The minimum absolute atomic E-state index is 0.0223. The van der Waals surface area contributed by atoms with Crippen molar-refractivity contribution in [3.63, 3.8) is 0 Å². The molecule has 0 radical (unpaired) electrons. The van der Waals surface area contributed by atoms with Crippen LogP contribution < -0.4 is 10.6 Å². The first kappa shape index (κ1) is 28.8. The predicted molar refractivity (Wildman–Crippen MR) is 147 cm³/mol. The van der Waals surface area contributed by atoms with E-state index in [4.69, 9.17) is 11.6 Å². The summed E-state index contributed by atoms with van der Waals surface area (Å²) in [5, 5.41) is 15.4. The van der Waals surface area contributed by atoms with Crippen LogP contribution in [0.15, 0.2) is 54.6 Å². The number of carbonyl (C=O) groups is 3. The van der Waals surface area contributed by atoms with E-state index >= 15 is 0 Å². The maximum absolute atomic E-state index is 13.8. The fraction of sp³-hybridized carbons (Fsp3) is 0.444. The summed E-state index contributed by atoms with van der Waals surface area (Å²) in [6.45, 7) is -0.102. The Morgan fingerprint density at radius 2 is 1.72 bits per heavy atom. The number of halogens is 1. The van der Waals surface area contributed by atoms with Gasteiger partial charge in [0.2, 0.25) is 10.0 Å². The zero-order valence-corrected chi connectivity index (χ0v) is 23.0. The first-order chi connectivity index (χ1) is 18.6. The molecule has 3 amide bonds. The van der Waals surface area contributed by atoms with Crippen LogP contribution in [-0.2, 0) is 25.4 Å². The van der Waals surface area contributed by atoms with E-state index in [1.54, 1.807) is 54.6 Å². The predicted octanol–water partition coefficient (Wildman–Crippen LogP) is 3.89. The molecule has 12 heteroatoms. The lowest BCUT2D eigenvalue weighted by Crippen LogP contribution is -2.57. The van der Waals surface area contributed by atoms with E-state index in [0.29, 0.717) is 16.3 Å². The van der Waals surface area contributed by atoms with E-state index in [-0.39, 0.29) is 31.2 Å². The second kappa shape index (κ2) is 12.8. The minimum atomic E-state index is -4.02. The number of carboxylic acids is 1. The Morgan fingerprint density at radius 1 is 1.00 bits per heavy atom. The molecule has 2 aromatic carbocycles. The molecule has 3 N–H and O–H groups in total. The van der Waals surface area contributed by atoms with Crippen LogP contribution in [0, 0.1) is 5.92 Å². The largest absolute Gasteiger partial charge is 0.481 e. The fourth-order valence-corrected chi connectivity index (χ4v) is 7.17. The molecule has 0 spiro atoms. The lowest BCUT2D eigenvalue weighted by atomic mass is 9.82. The third-order valence-corrected chi connectivity index (χ3v) is 9.22. The molecule has 2 fully saturated rings. The van der Waals surface area contributed by atoms with Gasteiger partial charge in [0.25, 0.3) is 5.91 Å². The molecule has 1 aliphatic heterocycles. The van der Waals surface area contributed by atoms with Crippen molar-refractivity contribution in [3.8, 4) is 0 Å². The summed E-state index contributed by atoms with van der Waals surface area (Å²) in [7, 11) is -4.02. The number of hydrogen-bond donors (Lipinski definition) is 3. The molecule has 1 saturated heterocycles. The first-order valence-corrected chi connectivity index (χ1v) is 15.0. The molecule has 210 valence electrons. The van der Waals surface area contributed by atoms with Gasteiger partial charge in [-0.05, 0) is 42.5 Å². The van der Waals surface area contributed by atoms with Gasteiger partial charge in [0.05, 0.1) is 12.2 Å². The quantitative estimate of drug-likeness (QED) is 0.414. The number of urea groups is 1. The van der Waals surface area contributed by atoms with Crippen molar-refractivity contribution >= 4 is 45.2 Å². The van der Waals surface area contributed by atoms with Crippen LogP contribution in [0.3, 0.4) is 0 Å². The highest BCUT2D eigenvalue weighted by Crippen LogP contribution is 2.29. The molecule has 39 heavy (non-hydrogen) atoms. The topological polar surface area (TPSA) is 136 Å². The number of benzene rings is 2. The number of aliphatic carboxylic acids is 1. The van der Waals surface area contributed by atoms with Crippen LogP contribution in [0.25, 0.3) is 0 Å². The summed E-state index contributed by atoms with van der Waals surface area (Å²) in [5.74, 6) is -2.16. The molecule has 10 nitrogen and oxygen atoms in total. The maximum atomic E-state index is 13.8. The van der Waals surface area contributed by atoms with Crippen molar-refractivity contribution in [2.45, 2.75) is 56.5 Å². The molecule has 1 saturated carbocycles. The highest BCUT2D eigenvalue weighted by Gasteiger charge is 2.47. The van der Waals surface area contributed by atoms with Gasteiger partial charge in [-0.1, -0.05) is 67.3 Å². The lowest BCUT2D eigenvalue weighted by molar-refractivity contribution is -0.138. The van der Waals surface area contributed by atoms with E-state index in [1.807, 2.05) is 0 Å². The molecule has 1 aliphatic carbocycles. The Bertz CT molecular complexity index is 1290. The maximum Gasteiger partial charge on any atom is 0.323 e. The fourth-order valence-electron chi connectivity index (χ4n) is 5.33. The third-order valence-electron chi connectivity index (χ3n) is 7.19. The Kier molecular flexibility index (Phi) is 9.47. The van der Waals surface area contributed by atoms with E-state index in [0.717, 1.165) is 41.3 Å². The third kappa shape index (κ3) is 7.49. The monoisotopic (exact) mass is 576 g/mol. The van der Waals surface area contributed by atoms with Crippen LogP contribution in [0.1, 0.15) is 44.1 Å². The Balaban J connectivity index is 1.61. The van der Waals surface area contributed by atoms with Crippen LogP contribution in [0.2, 0.25) is 5.02 Å². The summed E-state index contributed by atoms with van der Waals surface area (Å²) in [5.41, 5.74) is 0.938. The SMILES string of the molecule is O=C(O)CC(NC(=O)C1N(C(=O)Nc2cccc(Cl)c2)CCN1S(=O)(=O)Cc1ccccc1)C1CCCCC1. The van der Waals surface area contributed by atoms with Gasteiger partial charge in [-0.2, -0.15) is 4.31 Å². The summed E-state index contributed by atoms with van der Waals surface area (Å²) in [6, 6.07) is 13.7. The second-order valence-corrected chi connectivity index (χ2v) is 12.3. The highest BCUT2D eigenvalue weighted by molar-refractivity contribution is 7.88. The minimum Gasteiger partial charge on any atom is -0.481 e. The van der Waals surface area contributed by atoms with Crippen molar-refractivity contribution in [2.24, 2.45) is 5.92 Å². The van der Waals surface area contributed by atoms with E-state index in [2.05, 4.69) is 10.6 Å². The number of sulfonamides is 1. The number of nitrogens with one attached hydrogen (secondary N) is 2. The number of carbonyl (C=O) groups excluding carboxylic acids is 2. The molecule has 2 aromatic rings. The first-order valence-electron chi connectivity index (χ1n) is 13.0. The zero-order chi connectivity index (χ0) is 28.0. The van der Waals surface area contributed by atoms with E-state index in [1.165, 1.54) is 0 Å². The van der Waals surface area contributed by atoms with Crippen molar-refractivity contribution in [2.75, 3.05) is 18.4 Å². The van der Waals surface area contributed by atoms with Gasteiger partial charge in [-0.3, -0.25) is 14.5 Å². The van der Waals surface area contributed by atoms with Crippen LogP contribution >= 0.6 is 11.6 Å². The average molecular weight is 577 g/mol. The highest BCUT2D eigenvalue weighted by atomic mass is 35.5. The van der Waals surface area contributed by atoms with E-state index < -0.39 is 40.1 Å². The van der Waals surface area contributed by atoms with Gasteiger partial charge in [0.1, 0.15) is 0 Å². The lowest BCUT2D eigenvalue weighted by Gasteiger charge is -2.34. The van der Waals surface area contributed by atoms with E-state index in [9.17, 15) is 27.9 Å².